The van der Waals surface area contributed by atoms with E-state index in [1.807, 2.05) is 0 Å². The van der Waals surface area contributed by atoms with Crippen molar-refractivity contribution >= 4 is 0 Å². The van der Waals surface area contributed by atoms with Crippen molar-refractivity contribution in [2.24, 2.45) is 40.9 Å². The zero-order valence-corrected chi connectivity index (χ0v) is 6.79. The van der Waals surface area contributed by atoms with Gasteiger partial charge in [-0.25, -0.2) is 0 Å². The third-order valence-corrected chi connectivity index (χ3v) is 6.36. The molecule has 0 nitrogen and oxygen atoms in total. The largest absolute Gasteiger partial charge is 0.0465 e. The summed E-state index contributed by atoms with van der Waals surface area (Å²) in [5, 5.41) is 0. The van der Waals surface area contributed by atoms with E-state index in [1.54, 1.807) is 25.7 Å². The monoisotopic (exact) mass is 146 g/mol. The Hall–Kier alpha value is 0. The molecular formula is C11H14. The van der Waals surface area contributed by atoms with Gasteiger partial charge in [-0.2, -0.15) is 0 Å². The van der Waals surface area contributed by atoms with Crippen molar-refractivity contribution in [3.8, 4) is 0 Å². The van der Waals surface area contributed by atoms with E-state index in [2.05, 4.69) is 0 Å². The summed E-state index contributed by atoms with van der Waals surface area (Å²) >= 11 is 0. The minimum Gasteiger partial charge on any atom is -0.0465 e. The molecule has 0 saturated heterocycles. The molecule has 0 aromatic carbocycles. The van der Waals surface area contributed by atoms with Crippen LogP contribution in [0.3, 0.4) is 0 Å². The molecule has 0 aliphatic heterocycles. The summed E-state index contributed by atoms with van der Waals surface area (Å²) in [5.74, 6) is 7.54. The van der Waals surface area contributed by atoms with Gasteiger partial charge in [0.2, 0.25) is 0 Å². The summed E-state index contributed by atoms with van der Waals surface area (Å²) in [4.78, 5) is 0. The molecule has 0 radical (unpaired) electrons. The van der Waals surface area contributed by atoms with Gasteiger partial charge in [-0.3, -0.25) is 0 Å². The topological polar surface area (TPSA) is 0 Å². The second-order valence-corrected chi connectivity index (χ2v) is 6.00. The van der Waals surface area contributed by atoms with Crippen LogP contribution in [-0.2, 0) is 0 Å². The molecule has 5 aliphatic rings. The molecule has 5 saturated carbocycles. The molecule has 1 spiro atoms. The summed E-state index contributed by atoms with van der Waals surface area (Å²) in [7, 11) is 0. The van der Waals surface area contributed by atoms with Crippen molar-refractivity contribution < 1.29 is 0 Å². The van der Waals surface area contributed by atoms with Crippen LogP contribution in [0.1, 0.15) is 25.7 Å². The maximum Gasteiger partial charge on any atom is -0.0227 e. The van der Waals surface area contributed by atoms with Crippen molar-refractivity contribution in [3.63, 3.8) is 0 Å². The van der Waals surface area contributed by atoms with Gasteiger partial charge in [0.25, 0.3) is 0 Å². The molecule has 11 heavy (non-hydrogen) atoms. The third-order valence-electron chi connectivity index (χ3n) is 6.36. The lowest BCUT2D eigenvalue weighted by Gasteiger charge is -2.47. The summed E-state index contributed by atoms with van der Waals surface area (Å²) < 4.78 is 0. The van der Waals surface area contributed by atoms with Gasteiger partial charge in [0.05, 0.1) is 0 Å². The Bertz CT molecular complexity index is 255. The van der Waals surface area contributed by atoms with Gasteiger partial charge in [-0.15, -0.1) is 0 Å². The van der Waals surface area contributed by atoms with Crippen LogP contribution in [-0.4, -0.2) is 0 Å². The van der Waals surface area contributed by atoms with Crippen LogP contribution < -0.4 is 0 Å². The van der Waals surface area contributed by atoms with Gasteiger partial charge < -0.3 is 0 Å². The standard InChI is InChI=1S/C11H14/c1-5-3-11-4-8-7(9(1)11)2-6(5)10(8)11/h5-10H,1-4H2. The molecule has 0 N–H and O–H groups in total. The first kappa shape index (κ1) is 4.89. The highest BCUT2D eigenvalue weighted by Crippen LogP contribution is 2.88. The van der Waals surface area contributed by atoms with Gasteiger partial charge in [-0.05, 0) is 66.6 Å². The first-order valence-corrected chi connectivity index (χ1v) is 5.40. The smallest absolute Gasteiger partial charge is 0.0227 e. The zero-order chi connectivity index (χ0) is 6.79. The second-order valence-electron chi connectivity index (χ2n) is 6.00. The first-order valence-electron chi connectivity index (χ1n) is 5.40. The molecule has 58 valence electrons. The predicted octanol–water partition coefficient (Wildman–Crippen LogP) is 2.30. The Labute approximate surface area is 67.4 Å². The van der Waals surface area contributed by atoms with Crippen LogP contribution in [0.25, 0.3) is 0 Å². The summed E-state index contributed by atoms with van der Waals surface area (Å²) in [6, 6.07) is 0. The molecule has 0 amide bonds. The molecule has 0 aromatic heterocycles. The lowest BCUT2D eigenvalue weighted by atomic mass is 9.57. The fourth-order valence-electron chi connectivity index (χ4n) is 6.54. The van der Waals surface area contributed by atoms with E-state index in [-0.39, 0.29) is 0 Å². The van der Waals surface area contributed by atoms with E-state index in [4.69, 9.17) is 0 Å². The zero-order valence-electron chi connectivity index (χ0n) is 6.79. The Kier molecular flexibility index (Phi) is 0.459. The molecule has 5 rings (SSSR count). The summed E-state index contributed by atoms with van der Waals surface area (Å²) in [5.41, 5.74) is 1.00. The van der Waals surface area contributed by atoms with Crippen LogP contribution >= 0.6 is 0 Å². The Morgan fingerprint density at radius 2 is 1.91 bits per heavy atom. The molecule has 0 aromatic rings. The molecule has 0 heterocycles. The number of rotatable bonds is 0. The van der Waals surface area contributed by atoms with Crippen molar-refractivity contribution in [2.45, 2.75) is 25.7 Å². The number of fused-ring (bicyclic) bond motifs is 3. The fraction of sp³-hybridized carbons (Fsp3) is 1.00. The predicted molar refractivity (Wildman–Crippen MR) is 41.8 cm³/mol. The van der Waals surface area contributed by atoms with E-state index >= 15 is 0 Å². The second kappa shape index (κ2) is 1.03. The molecule has 5 bridgehead atoms. The lowest BCUT2D eigenvalue weighted by Crippen LogP contribution is -2.41. The van der Waals surface area contributed by atoms with Crippen LogP contribution in [0, 0.1) is 40.9 Å². The van der Waals surface area contributed by atoms with E-state index in [1.165, 1.54) is 35.5 Å². The molecule has 5 fully saturated rings. The average Bonchev–Trinajstić information content (AvgIpc) is 2.49. The summed E-state index contributed by atoms with van der Waals surface area (Å²) in [6.45, 7) is 0. The van der Waals surface area contributed by atoms with Gasteiger partial charge in [0, 0.05) is 0 Å². The highest BCUT2D eigenvalue weighted by Gasteiger charge is 2.82. The molecule has 7 atom stereocenters. The van der Waals surface area contributed by atoms with E-state index in [0.29, 0.717) is 0 Å². The number of hydrogen-bond donors (Lipinski definition) is 0. The van der Waals surface area contributed by atoms with Crippen LogP contribution in [0.4, 0.5) is 0 Å². The van der Waals surface area contributed by atoms with Crippen LogP contribution in [0.15, 0.2) is 0 Å². The Morgan fingerprint density at radius 1 is 0.909 bits per heavy atom. The van der Waals surface area contributed by atoms with Crippen molar-refractivity contribution in [1.82, 2.24) is 0 Å². The SMILES string of the molecule is C1C2C3CC45CC(CC24)C1C35. The van der Waals surface area contributed by atoms with E-state index in [9.17, 15) is 0 Å². The minimum atomic E-state index is 1.00. The highest BCUT2D eigenvalue weighted by molar-refractivity contribution is 5.30. The highest BCUT2D eigenvalue weighted by atomic mass is 14.9. The van der Waals surface area contributed by atoms with Crippen LogP contribution in [0.2, 0.25) is 0 Å². The maximum atomic E-state index is 1.68. The van der Waals surface area contributed by atoms with Crippen molar-refractivity contribution in [2.75, 3.05) is 0 Å². The van der Waals surface area contributed by atoms with Gasteiger partial charge >= 0.3 is 0 Å². The van der Waals surface area contributed by atoms with E-state index in [0.717, 1.165) is 5.41 Å². The fourth-order valence-corrected chi connectivity index (χ4v) is 6.54. The Balaban J connectivity index is 1.94. The van der Waals surface area contributed by atoms with Crippen LogP contribution in [0.5, 0.6) is 0 Å². The van der Waals surface area contributed by atoms with E-state index < -0.39 is 0 Å². The van der Waals surface area contributed by atoms with Gasteiger partial charge in [0.15, 0.2) is 0 Å². The number of hydrogen-bond acceptors (Lipinski definition) is 0. The quantitative estimate of drug-likeness (QED) is 0.492. The summed E-state index contributed by atoms with van der Waals surface area (Å²) in [6.07, 6.45) is 6.70. The molecule has 5 aliphatic carbocycles. The minimum absolute atomic E-state index is 1.00. The molecule has 0 heteroatoms. The van der Waals surface area contributed by atoms with Crippen molar-refractivity contribution in [1.29, 1.82) is 0 Å². The third kappa shape index (κ3) is 0.256. The first-order chi connectivity index (χ1) is 5.40. The van der Waals surface area contributed by atoms with Gasteiger partial charge in [-0.1, -0.05) is 0 Å². The van der Waals surface area contributed by atoms with Gasteiger partial charge in [0.1, 0.15) is 0 Å². The lowest BCUT2D eigenvalue weighted by molar-refractivity contribution is 0.00508. The van der Waals surface area contributed by atoms with Crippen molar-refractivity contribution in [3.05, 3.63) is 0 Å². The maximum absolute atomic E-state index is 1.68. The average molecular weight is 146 g/mol. The molecular weight excluding hydrogens is 132 g/mol. The Morgan fingerprint density at radius 3 is 2.64 bits per heavy atom. The normalized spacial score (nSPS) is 85.1. The molecule has 7 unspecified atom stereocenters.